The molecule has 0 atom stereocenters. The molecule has 338 valence electrons. The topological polar surface area (TPSA) is 191 Å². The van der Waals surface area contributed by atoms with Crippen molar-refractivity contribution in [1.29, 1.82) is 0 Å². The number of fused-ring (bicyclic) bond motifs is 1. The predicted molar refractivity (Wildman–Crippen MR) is 274 cm³/mol. The van der Waals surface area contributed by atoms with Gasteiger partial charge in [0.1, 0.15) is 17.5 Å². The Labute approximate surface area is 411 Å². The van der Waals surface area contributed by atoms with Gasteiger partial charge in [-0.3, -0.25) is 15.0 Å². The summed E-state index contributed by atoms with van der Waals surface area (Å²) < 4.78 is 0. The molecule has 8 aromatic rings. The van der Waals surface area contributed by atoms with E-state index in [0.717, 1.165) is 34.1 Å². The van der Waals surface area contributed by atoms with Gasteiger partial charge in [0.2, 0.25) is 0 Å². The number of urea groups is 1. The highest BCUT2D eigenvalue weighted by molar-refractivity contribution is 7.98. The Morgan fingerprint density at radius 3 is 1.64 bits per heavy atom. The van der Waals surface area contributed by atoms with E-state index in [2.05, 4.69) is 64.8 Å². The van der Waals surface area contributed by atoms with Crippen LogP contribution in [0.4, 0.5) is 33.6 Å². The fraction of sp³-hybridized carbons (Fsp3) is 0.102. The Bertz CT molecular complexity index is 2890. The summed E-state index contributed by atoms with van der Waals surface area (Å²) in [6.07, 6.45) is 5.63. The normalized spacial score (nSPS) is 11.5. The second kappa shape index (κ2) is 24.7. The van der Waals surface area contributed by atoms with Gasteiger partial charge in [-0.25, -0.2) is 34.7 Å². The summed E-state index contributed by atoms with van der Waals surface area (Å²) in [4.78, 5) is 50.4. The van der Waals surface area contributed by atoms with Gasteiger partial charge in [-0.15, -0.1) is 0 Å². The average molecular weight is 985 g/mol. The van der Waals surface area contributed by atoms with Crippen LogP contribution in [0.25, 0.3) is 0 Å². The van der Waals surface area contributed by atoms with E-state index >= 15 is 0 Å². The van der Waals surface area contributed by atoms with E-state index in [-0.39, 0.29) is 11.8 Å². The number of amides is 2. The Kier molecular flexibility index (Phi) is 17.8. The number of para-hydroxylation sites is 2. The van der Waals surface area contributed by atoms with E-state index in [1.807, 2.05) is 109 Å². The van der Waals surface area contributed by atoms with Crippen LogP contribution in [0.1, 0.15) is 38.2 Å². The number of aldehydes is 1. The van der Waals surface area contributed by atoms with E-state index in [1.165, 1.54) is 46.4 Å². The van der Waals surface area contributed by atoms with Crippen molar-refractivity contribution in [3.05, 3.63) is 202 Å². The van der Waals surface area contributed by atoms with E-state index < -0.39 is 0 Å². The van der Waals surface area contributed by atoms with Crippen molar-refractivity contribution in [1.82, 2.24) is 29.9 Å². The number of rotatable bonds is 14. The predicted octanol–water partition coefficient (Wildman–Crippen LogP) is 11.8. The second-order valence-electron chi connectivity index (χ2n) is 14.3. The van der Waals surface area contributed by atoms with Gasteiger partial charge in [0.15, 0.2) is 21.8 Å². The van der Waals surface area contributed by atoms with Gasteiger partial charge in [-0.05, 0) is 41.0 Å². The molecule has 0 spiro atoms. The number of nitrogens with two attached hydrogens (primary N) is 2. The Morgan fingerprint density at radius 1 is 0.612 bits per heavy atom. The zero-order valence-electron chi connectivity index (χ0n) is 35.7. The van der Waals surface area contributed by atoms with Crippen molar-refractivity contribution in [2.45, 2.75) is 45.8 Å². The van der Waals surface area contributed by atoms with Gasteiger partial charge in [0.05, 0.1) is 33.5 Å². The highest BCUT2D eigenvalue weighted by Gasteiger charge is 2.27. The lowest BCUT2D eigenvalue weighted by Crippen LogP contribution is -2.39. The Morgan fingerprint density at radius 2 is 1.10 bits per heavy atom. The van der Waals surface area contributed by atoms with Gasteiger partial charge in [0.25, 0.3) is 0 Å². The summed E-state index contributed by atoms with van der Waals surface area (Å²) in [5, 5.41) is 9.19. The molecule has 0 radical (unpaired) electrons. The number of nitrogens with one attached hydrogen (secondary N) is 2. The molecule has 5 aromatic carbocycles. The summed E-state index contributed by atoms with van der Waals surface area (Å²) in [7, 11) is 0. The second-order valence-corrected chi connectivity index (χ2v) is 18.0. The highest BCUT2D eigenvalue weighted by Crippen LogP contribution is 2.32. The van der Waals surface area contributed by atoms with Crippen LogP contribution in [-0.2, 0) is 30.3 Å². The molecule has 13 nitrogen and oxygen atoms in total. The summed E-state index contributed by atoms with van der Waals surface area (Å²) in [6, 6.07) is 45.0. The zero-order chi connectivity index (χ0) is 46.8. The maximum Gasteiger partial charge on any atom is 0.327 e. The molecule has 0 saturated carbocycles. The summed E-state index contributed by atoms with van der Waals surface area (Å²) in [6.45, 7) is 0.910. The molecular formula is C49H43Cl2N11O2S3. The lowest BCUT2D eigenvalue weighted by molar-refractivity contribution is 0.112. The molecule has 67 heavy (non-hydrogen) atoms. The number of hydrogen-bond donors (Lipinski definition) is 4. The molecule has 0 unspecified atom stereocenters. The van der Waals surface area contributed by atoms with Gasteiger partial charge in [-0.1, -0.05) is 174 Å². The molecule has 2 amide bonds. The minimum absolute atomic E-state index is 0.227. The number of halogens is 2. The number of anilines is 5. The molecule has 0 fully saturated rings. The first-order chi connectivity index (χ1) is 32.7. The molecule has 0 aliphatic carbocycles. The van der Waals surface area contributed by atoms with Crippen LogP contribution in [0.5, 0.6) is 0 Å². The van der Waals surface area contributed by atoms with Crippen LogP contribution in [0.2, 0.25) is 10.0 Å². The largest absolute Gasteiger partial charge is 0.383 e. The van der Waals surface area contributed by atoms with Crippen LogP contribution < -0.4 is 27.0 Å². The zero-order valence-corrected chi connectivity index (χ0v) is 39.7. The standard InChI is InChI=1S/C19H15ClN4OS.C18H17ClN4S.C12H11N3OS/c20-15-8-4-5-9-16(15)24-11-14-10-21-18(22-17(14)23-19(24)25)26-12-13-6-2-1-3-7-13;19-15-8-4-5-9-16(15)21-10-14-11-22-18(23-17(14)20)24-12-13-6-2-1-3-7-13;13-11-10(7-16)6-14-12(15-11)17-8-9-4-2-1-3-5-9/h1-10H,11-12H2,(H,21,22,23,25);1-9,11,21H,10,12H2,(H2,20,22,23);1-7H,8H2,(H2,13,14,15). The number of aromatic nitrogens is 6. The molecule has 18 heteroatoms. The first-order valence-electron chi connectivity index (χ1n) is 20.6. The maximum atomic E-state index is 12.5. The monoisotopic (exact) mass is 983 g/mol. The summed E-state index contributed by atoms with van der Waals surface area (Å²) in [5.74, 6) is 3.65. The quantitative estimate of drug-likeness (QED) is 0.0457. The van der Waals surface area contributed by atoms with Crippen molar-refractivity contribution in [3.8, 4) is 0 Å². The maximum absolute atomic E-state index is 12.5. The van der Waals surface area contributed by atoms with Gasteiger partial charge in [-0.2, -0.15) is 0 Å². The van der Waals surface area contributed by atoms with Crippen molar-refractivity contribution >= 4 is 99.6 Å². The molecule has 6 N–H and O–H groups in total. The van der Waals surface area contributed by atoms with Crippen LogP contribution in [0, 0.1) is 0 Å². The van der Waals surface area contributed by atoms with E-state index in [4.69, 9.17) is 34.7 Å². The lowest BCUT2D eigenvalue weighted by Gasteiger charge is -2.29. The van der Waals surface area contributed by atoms with E-state index in [1.54, 1.807) is 35.1 Å². The number of hydrogen-bond acceptors (Lipinski definition) is 14. The summed E-state index contributed by atoms with van der Waals surface area (Å²) in [5.41, 5.74) is 18.8. The number of nitrogen functional groups attached to an aromatic ring is 2. The fourth-order valence-corrected chi connectivity index (χ4v) is 8.85. The Hall–Kier alpha value is -6.69. The van der Waals surface area contributed by atoms with Gasteiger partial charge in [0, 0.05) is 53.5 Å². The molecule has 9 rings (SSSR count). The number of carbonyl (C=O) groups is 2. The van der Waals surface area contributed by atoms with Crippen molar-refractivity contribution in [2.24, 2.45) is 0 Å². The number of thioether (sulfide) groups is 3. The van der Waals surface area contributed by atoms with Crippen molar-refractivity contribution in [2.75, 3.05) is 27.0 Å². The van der Waals surface area contributed by atoms with Gasteiger partial charge < -0.3 is 16.8 Å². The fourth-order valence-electron chi connectivity index (χ4n) is 6.08. The molecule has 1 aliphatic rings. The molecule has 3 aromatic heterocycles. The van der Waals surface area contributed by atoms with Crippen LogP contribution >= 0.6 is 58.5 Å². The molecule has 4 heterocycles. The minimum atomic E-state index is -0.247. The van der Waals surface area contributed by atoms with Crippen LogP contribution in [0.3, 0.4) is 0 Å². The SMILES string of the molecule is Nc1nc(SCc2ccccc2)ncc1C=O.Nc1nc(SCc2ccccc2)ncc1CNc1ccccc1Cl.O=C1Nc2nc(SCc3ccccc3)ncc2CN1c1ccccc1Cl. The third-order valence-corrected chi connectivity index (χ3v) is 13.0. The molecular weight excluding hydrogens is 942 g/mol. The van der Waals surface area contributed by atoms with E-state index in [9.17, 15) is 9.59 Å². The third kappa shape index (κ3) is 14.4. The Balaban J connectivity index is 0.000000153. The number of nitrogens with zero attached hydrogens (tertiary/aromatic N) is 7. The van der Waals surface area contributed by atoms with Crippen LogP contribution in [0.15, 0.2) is 174 Å². The van der Waals surface area contributed by atoms with E-state index in [0.29, 0.717) is 67.8 Å². The molecule has 1 aliphatic heterocycles. The summed E-state index contributed by atoms with van der Waals surface area (Å²) >= 11 is 16.9. The highest BCUT2D eigenvalue weighted by atomic mass is 35.5. The van der Waals surface area contributed by atoms with Gasteiger partial charge >= 0.3 is 6.03 Å². The average Bonchev–Trinajstić information content (AvgIpc) is 3.36. The van der Waals surface area contributed by atoms with Crippen LogP contribution in [-0.4, -0.2) is 42.2 Å². The number of carbonyl (C=O) groups excluding carboxylic acids is 2. The molecule has 0 saturated heterocycles. The lowest BCUT2D eigenvalue weighted by atomic mass is 10.2. The van der Waals surface area contributed by atoms with Crippen molar-refractivity contribution < 1.29 is 9.59 Å². The first-order valence-corrected chi connectivity index (χ1v) is 24.3. The third-order valence-electron chi connectivity index (χ3n) is 9.59. The molecule has 0 bridgehead atoms. The minimum Gasteiger partial charge on any atom is -0.383 e. The van der Waals surface area contributed by atoms with Crippen molar-refractivity contribution in [3.63, 3.8) is 0 Å². The number of benzene rings is 5. The first kappa shape index (κ1) is 48.2. The smallest absolute Gasteiger partial charge is 0.327 e.